The number of para-hydroxylation sites is 1. The molecule has 29 heavy (non-hydrogen) atoms. The van der Waals surface area contributed by atoms with E-state index in [1.54, 1.807) is 0 Å². The summed E-state index contributed by atoms with van der Waals surface area (Å²) in [6.45, 7) is 9.69. The molecule has 0 N–H and O–H groups in total. The molecule has 0 atom stereocenters. The lowest BCUT2D eigenvalue weighted by molar-refractivity contribution is -0.660. The first-order chi connectivity index (χ1) is 14.2. The van der Waals surface area contributed by atoms with Crippen molar-refractivity contribution in [2.24, 2.45) is 7.05 Å². The molecule has 0 aliphatic carbocycles. The van der Waals surface area contributed by atoms with Gasteiger partial charge in [-0.2, -0.15) is 0 Å². The van der Waals surface area contributed by atoms with Crippen LogP contribution in [0.1, 0.15) is 5.56 Å². The average molecular weight is 375 g/mol. The fourth-order valence-corrected chi connectivity index (χ4v) is 4.12. The molecule has 0 fully saturated rings. The third kappa shape index (κ3) is 2.61. The standard InChI is InChI=1S/C26H19N2O/c1-17-16-20(18-10-5-4-6-11-18)24-19-12-9-13-21(27-2)25(19)29-26(24)23(17)22-14-7-8-15-28(22)3/h4-16H,1,3H3/q+1. The van der Waals surface area contributed by atoms with Crippen LogP contribution in [0.15, 0.2) is 83.4 Å². The van der Waals surface area contributed by atoms with Crippen LogP contribution in [0.25, 0.3) is 49.2 Å². The lowest BCUT2D eigenvalue weighted by Gasteiger charge is -2.10. The molecule has 3 heteroatoms. The fraction of sp³-hybridized carbons (Fsp3) is 0.0769. The van der Waals surface area contributed by atoms with Crippen molar-refractivity contribution in [1.82, 2.24) is 0 Å². The Hall–Kier alpha value is -3.90. The number of furan rings is 1. The molecule has 0 unspecified atom stereocenters. The summed E-state index contributed by atoms with van der Waals surface area (Å²) in [6, 6.07) is 24.6. The minimum Gasteiger partial charge on any atom is -0.466 e. The summed E-state index contributed by atoms with van der Waals surface area (Å²) in [5, 5.41) is 2.04. The number of aryl methyl sites for hydroxylation is 2. The Labute approximate surface area is 169 Å². The van der Waals surface area contributed by atoms with Crippen LogP contribution in [-0.2, 0) is 7.05 Å². The van der Waals surface area contributed by atoms with Gasteiger partial charge < -0.3 is 4.42 Å². The second-order valence-corrected chi connectivity index (χ2v) is 7.25. The van der Waals surface area contributed by atoms with Crippen molar-refractivity contribution in [1.29, 1.82) is 0 Å². The van der Waals surface area contributed by atoms with Crippen LogP contribution in [0.2, 0.25) is 0 Å². The van der Waals surface area contributed by atoms with E-state index in [1.165, 1.54) is 0 Å². The third-order valence-corrected chi connectivity index (χ3v) is 5.46. The van der Waals surface area contributed by atoms with Gasteiger partial charge in [0.25, 0.3) is 0 Å². The van der Waals surface area contributed by atoms with Gasteiger partial charge in [-0.3, -0.25) is 0 Å². The maximum absolute atomic E-state index is 7.57. The number of fused-ring (bicyclic) bond motifs is 3. The number of aromatic nitrogens is 1. The number of hydrogen-bond donors (Lipinski definition) is 0. The molecule has 0 bridgehead atoms. The SMILES string of the molecule is [C-]#[N+]c1cccc2c1oc1c(-c3cccc[n+]3C)c(C)cc(-c3ccccc3)c12. The van der Waals surface area contributed by atoms with E-state index in [4.69, 9.17) is 11.0 Å². The fourth-order valence-electron chi connectivity index (χ4n) is 4.12. The molecular weight excluding hydrogens is 356 g/mol. The summed E-state index contributed by atoms with van der Waals surface area (Å²) in [7, 11) is 2.04. The van der Waals surface area contributed by atoms with Crippen molar-refractivity contribution in [3.05, 3.63) is 96.0 Å². The van der Waals surface area contributed by atoms with E-state index in [-0.39, 0.29) is 0 Å². The smallest absolute Gasteiger partial charge is 0.229 e. The summed E-state index contributed by atoms with van der Waals surface area (Å²) in [6.07, 6.45) is 2.04. The van der Waals surface area contributed by atoms with E-state index < -0.39 is 0 Å². The monoisotopic (exact) mass is 375 g/mol. The zero-order valence-electron chi connectivity index (χ0n) is 16.3. The number of benzene rings is 3. The van der Waals surface area contributed by atoms with Crippen molar-refractivity contribution in [2.75, 3.05) is 0 Å². The zero-order chi connectivity index (χ0) is 20.0. The maximum Gasteiger partial charge on any atom is 0.229 e. The quantitative estimate of drug-likeness (QED) is 0.251. The molecule has 0 aliphatic heterocycles. The molecule has 0 spiro atoms. The second-order valence-electron chi connectivity index (χ2n) is 7.25. The Kier molecular flexibility index (Phi) is 3.93. The van der Waals surface area contributed by atoms with E-state index in [9.17, 15) is 0 Å². The van der Waals surface area contributed by atoms with Crippen LogP contribution in [0.3, 0.4) is 0 Å². The highest BCUT2D eigenvalue weighted by Gasteiger charge is 2.24. The topological polar surface area (TPSA) is 21.4 Å². The molecule has 3 nitrogen and oxygen atoms in total. The third-order valence-electron chi connectivity index (χ3n) is 5.46. The molecule has 2 heterocycles. The van der Waals surface area contributed by atoms with Gasteiger partial charge in [0.15, 0.2) is 6.20 Å². The van der Waals surface area contributed by atoms with Gasteiger partial charge in [-0.25, -0.2) is 9.41 Å². The summed E-state index contributed by atoms with van der Waals surface area (Å²) in [5.41, 5.74) is 7.58. The molecule has 0 aliphatic rings. The van der Waals surface area contributed by atoms with Gasteiger partial charge in [0.1, 0.15) is 18.2 Å². The van der Waals surface area contributed by atoms with Gasteiger partial charge in [0.05, 0.1) is 12.1 Å². The van der Waals surface area contributed by atoms with Crippen LogP contribution < -0.4 is 4.57 Å². The first-order valence-corrected chi connectivity index (χ1v) is 9.56. The highest BCUT2D eigenvalue weighted by molar-refractivity contribution is 6.18. The predicted octanol–water partition coefficient (Wildman–Crippen LogP) is 6.60. The van der Waals surface area contributed by atoms with Crippen molar-refractivity contribution in [2.45, 2.75) is 6.92 Å². The number of hydrogen-bond acceptors (Lipinski definition) is 1. The second kappa shape index (κ2) is 6.61. The van der Waals surface area contributed by atoms with E-state index >= 15 is 0 Å². The van der Waals surface area contributed by atoms with Crippen molar-refractivity contribution in [3.63, 3.8) is 0 Å². The molecule has 0 amide bonds. The van der Waals surface area contributed by atoms with Gasteiger partial charge in [-0.1, -0.05) is 48.5 Å². The summed E-state index contributed by atoms with van der Waals surface area (Å²) in [5.74, 6) is 0. The highest BCUT2D eigenvalue weighted by Crippen LogP contribution is 2.44. The van der Waals surface area contributed by atoms with Crippen molar-refractivity contribution < 1.29 is 8.98 Å². The van der Waals surface area contributed by atoms with Gasteiger partial charge in [-0.05, 0) is 35.7 Å². The van der Waals surface area contributed by atoms with Gasteiger partial charge in [0.2, 0.25) is 11.4 Å². The minimum absolute atomic E-state index is 0.541. The van der Waals surface area contributed by atoms with Crippen LogP contribution in [-0.4, -0.2) is 0 Å². The average Bonchev–Trinajstić information content (AvgIpc) is 3.14. The van der Waals surface area contributed by atoms with E-state index in [0.717, 1.165) is 44.3 Å². The summed E-state index contributed by atoms with van der Waals surface area (Å²) >= 11 is 0. The number of rotatable bonds is 2. The Bertz CT molecular complexity index is 1420. The zero-order valence-corrected chi connectivity index (χ0v) is 16.3. The van der Waals surface area contributed by atoms with Crippen LogP contribution >= 0.6 is 0 Å². The van der Waals surface area contributed by atoms with E-state index in [0.29, 0.717) is 11.3 Å². The van der Waals surface area contributed by atoms with Crippen molar-refractivity contribution in [3.8, 4) is 22.4 Å². The molecule has 0 saturated heterocycles. The predicted molar refractivity (Wildman–Crippen MR) is 117 cm³/mol. The Balaban J connectivity index is 2.01. The van der Waals surface area contributed by atoms with Gasteiger partial charge in [-0.15, -0.1) is 0 Å². The lowest BCUT2D eigenvalue weighted by atomic mass is 9.92. The van der Waals surface area contributed by atoms with Crippen LogP contribution in [0.5, 0.6) is 0 Å². The van der Waals surface area contributed by atoms with Gasteiger partial charge in [0, 0.05) is 22.9 Å². The van der Waals surface area contributed by atoms with E-state index in [2.05, 4.69) is 52.7 Å². The molecule has 5 rings (SSSR count). The molecule has 2 aromatic heterocycles. The molecule has 0 radical (unpaired) electrons. The maximum atomic E-state index is 7.57. The molecule has 138 valence electrons. The Morgan fingerprint density at radius 3 is 2.45 bits per heavy atom. The molecule has 5 aromatic rings. The first-order valence-electron chi connectivity index (χ1n) is 9.56. The van der Waals surface area contributed by atoms with Crippen LogP contribution in [0, 0.1) is 13.5 Å². The molecule has 0 saturated carbocycles. The van der Waals surface area contributed by atoms with Crippen LogP contribution in [0.4, 0.5) is 5.69 Å². The highest BCUT2D eigenvalue weighted by atomic mass is 16.3. The summed E-state index contributed by atoms with van der Waals surface area (Å²) < 4.78 is 8.54. The van der Waals surface area contributed by atoms with Gasteiger partial charge >= 0.3 is 0 Å². The summed E-state index contributed by atoms with van der Waals surface area (Å²) in [4.78, 5) is 3.69. The lowest BCUT2D eigenvalue weighted by Crippen LogP contribution is -2.30. The largest absolute Gasteiger partial charge is 0.466 e. The molecule has 3 aromatic carbocycles. The van der Waals surface area contributed by atoms with Crippen molar-refractivity contribution >= 4 is 27.6 Å². The molecular formula is C26H19N2O+. The first kappa shape index (κ1) is 17.2. The Morgan fingerprint density at radius 2 is 1.69 bits per heavy atom. The number of nitrogens with zero attached hydrogens (tertiary/aromatic N) is 2. The number of pyridine rings is 1. The van der Waals surface area contributed by atoms with E-state index in [1.807, 2.05) is 49.6 Å². The Morgan fingerprint density at radius 1 is 0.897 bits per heavy atom. The minimum atomic E-state index is 0.541. The normalized spacial score (nSPS) is 11.1.